The lowest BCUT2D eigenvalue weighted by Crippen LogP contribution is -2.53. The minimum Gasteiger partial charge on any atom is -0.388 e. The van der Waals surface area contributed by atoms with E-state index in [-0.39, 0.29) is 59.5 Å². The van der Waals surface area contributed by atoms with Crippen molar-refractivity contribution < 1.29 is 38.4 Å². The van der Waals surface area contributed by atoms with E-state index in [1.807, 2.05) is 136 Å². The Hall–Kier alpha value is -1.68. The second kappa shape index (κ2) is 24.4. The summed E-state index contributed by atoms with van der Waals surface area (Å²) in [4.78, 5) is 76.5. The van der Waals surface area contributed by atoms with E-state index in [1.54, 1.807) is 45.3 Å². The van der Waals surface area contributed by atoms with Gasteiger partial charge in [0.15, 0.2) is 0 Å². The minimum atomic E-state index is -0.810. The summed E-state index contributed by atoms with van der Waals surface area (Å²) in [7, 11) is 3.33. The SMILES string of the molecule is C=CCNC(=O)c1c(I)c(NC(N)=O)c(I)c(C(=O)N(C)CC=C)c1I.C=CCNC(=O)c1c(I)c(NC(N)=O)c(I)c(C(=O)[N+](C)(CC=C)CC(C)O)c1I. The molecule has 0 heterocycles. The highest BCUT2D eigenvalue weighted by Gasteiger charge is 2.39. The molecule has 0 aliphatic rings. The fourth-order valence-corrected chi connectivity index (χ4v) is 13.7. The zero-order valence-electron chi connectivity index (χ0n) is 30.5. The van der Waals surface area contributed by atoms with Crippen LogP contribution < -0.4 is 32.7 Å². The number of hydrogen-bond acceptors (Lipinski definition) is 7. The number of quaternary nitrogens is 1. The van der Waals surface area contributed by atoms with Gasteiger partial charge in [0.05, 0.1) is 49.4 Å². The first-order valence-electron chi connectivity index (χ1n) is 15.9. The summed E-state index contributed by atoms with van der Waals surface area (Å²) in [6.07, 6.45) is 5.56. The van der Waals surface area contributed by atoms with Gasteiger partial charge in [0.2, 0.25) is 0 Å². The van der Waals surface area contributed by atoms with Gasteiger partial charge in [-0.05, 0) is 149 Å². The van der Waals surface area contributed by atoms with Crippen molar-refractivity contribution in [3.63, 3.8) is 0 Å². The van der Waals surface area contributed by atoms with Gasteiger partial charge >= 0.3 is 18.0 Å². The molecule has 2 aromatic rings. The van der Waals surface area contributed by atoms with E-state index in [2.05, 4.69) is 47.6 Å². The number of rotatable bonds is 16. The van der Waals surface area contributed by atoms with Crippen LogP contribution in [0.2, 0.25) is 0 Å². The van der Waals surface area contributed by atoms with Gasteiger partial charge in [-0.25, -0.2) is 14.4 Å². The molecule has 0 bridgehead atoms. The third-order valence-electron chi connectivity index (χ3n) is 7.27. The highest BCUT2D eigenvalue weighted by atomic mass is 127. The lowest BCUT2D eigenvalue weighted by molar-refractivity contribution is -0.826. The summed E-state index contributed by atoms with van der Waals surface area (Å²) in [5.74, 6) is -1.38. The highest BCUT2D eigenvalue weighted by molar-refractivity contribution is 14.1. The number of nitrogens with two attached hydrogens (primary N) is 2. The van der Waals surface area contributed by atoms with Crippen LogP contribution in [-0.4, -0.2) is 103 Å². The van der Waals surface area contributed by atoms with Crippen LogP contribution in [0.15, 0.2) is 50.6 Å². The number of nitrogens with zero attached hydrogens (tertiary/aromatic N) is 2. The standard InChI is InChI=1S/C19H23I3N4O4.C16H17I3N4O3/c1-5-7-24-17(28)11-13(20)12(15(22)16(14(11)21)25-19(23)30)18(29)26(4,8-6-2)9-10(3)27;1-4-6-21-14(24)8-10(17)9(15(25)23(3)7-5-2)12(19)13(11(8)18)22-16(20)26/h5-6,10,27H,1-2,7-9H2,3-4H3,(H3-,23,24,25,28,30);4-5H,1-2,6-7H2,3H3,(H,21,24)(H3,20,22,26)/p+1. The van der Waals surface area contributed by atoms with Crippen LogP contribution in [0, 0.1) is 21.4 Å². The van der Waals surface area contributed by atoms with Crippen LogP contribution in [0.4, 0.5) is 21.0 Å². The fourth-order valence-electron chi connectivity index (χ4n) is 4.92. The lowest BCUT2D eigenvalue weighted by Gasteiger charge is -2.33. The second-order valence-electron chi connectivity index (χ2n) is 11.8. The molecule has 0 aliphatic carbocycles. The molecular weight excluding hydrogens is 1410 g/mol. The number of primary amides is 2. The number of aliphatic hydroxyl groups is 1. The Morgan fingerprint density at radius 1 is 0.696 bits per heavy atom. The van der Waals surface area contributed by atoms with Crippen LogP contribution in [0.3, 0.4) is 0 Å². The van der Waals surface area contributed by atoms with Crippen molar-refractivity contribution in [2.45, 2.75) is 13.0 Å². The molecule has 2 atom stereocenters. The molecular formula is C35H41I6N8O7+. The molecule has 2 unspecified atom stereocenters. The monoisotopic (exact) mass is 1450 g/mol. The van der Waals surface area contributed by atoms with Crippen LogP contribution in [-0.2, 0) is 0 Å². The molecule has 0 aliphatic heterocycles. The van der Waals surface area contributed by atoms with E-state index in [9.17, 15) is 33.9 Å². The van der Waals surface area contributed by atoms with Gasteiger partial charge in [-0.2, -0.15) is 0 Å². The molecule has 2 rings (SSSR count). The van der Waals surface area contributed by atoms with Gasteiger partial charge in [-0.1, -0.05) is 24.8 Å². The molecule has 56 heavy (non-hydrogen) atoms. The first-order chi connectivity index (χ1) is 26.1. The van der Waals surface area contributed by atoms with E-state index < -0.39 is 24.1 Å². The average Bonchev–Trinajstić information content (AvgIpc) is 3.10. The maximum Gasteiger partial charge on any atom is 0.348 e. The largest absolute Gasteiger partial charge is 0.388 e. The topological polar surface area (TPSA) is 226 Å². The smallest absolute Gasteiger partial charge is 0.348 e. The average molecular weight is 1450 g/mol. The molecule has 0 aromatic heterocycles. The molecule has 2 aromatic carbocycles. The predicted molar refractivity (Wildman–Crippen MR) is 270 cm³/mol. The number of carbonyl (C=O) groups is 6. The molecule has 0 saturated heterocycles. The van der Waals surface area contributed by atoms with Crippen molar-refractivity contribution in [3.05, 3.63) is 94.3 Å². The van der Waals surface area contributed by atoms with E-state index in [1.165, 1.54) is 4.90 Å². The Balaban J connectivity index is 0.000000566. The third-order valence-corrected chi connectivity index (χ3v) is 13.7. The summed E-state index contributed by atoms with van der Waals surface area (Å²) in [6, 6.07) is -1.59. The van der Waals surface area contributed by atoms with Crippen molar-refractivity contribution in [1.29, 1.82) is 0 Å². The molecule has 0 saturated carbocycles. The summed E-state index contributed by atoms with van der Waals surface area (Å²) >= 11 is 11.8. The van der Waals surface area contributed by atoms with Gasteiger partial charge in [0.25, 0.3) is 17.7 Å². The normalized spacial score (nSPS) is 12.0. The zero-order chi connectivity index (χ0) is 43.2. The molecule has 304 valence electrons. The van der Waals surface area contributed by atoms with E-state index in [0.717, 1.165) is 0 Å². The molecule has 21 heteroatoms. The zero-order valence-corrected chi connectivity index (χ0v) is 43.4. The molecule has 0 fully saturated rings. The first-order valence-corrected chi connectivity index (χ1v) is 22.4. The summed E-state index contributed by atoms with van der Waals surface area (Å²) in [5.41, 5.74) is 12.4. The summed E-state index contributed by atoms with van der Waals surface area (Å²) in [5, 5.41) is 20.4. The number of halogens is 6. The summed E-state index contributed by atoms with van der Waals surface area (Å²) < 4.78 is 2.72. The lowest BCUT2D eigenvalue weighted by atomic mass is 10.1. The highest BCUT2D eigenvalue weighted by Crippen LogP contribution is 2.38. The van der Waals surface area contributed by atoms with Crippen LogP contribution in [0.25, 0.3) is 0 Å². The molecule has 0 spiro atoms. The van der Waals surface area contributed by atoms with Crippen LogP contribution >= 0.6 is 136 Å². The Morgan fingerprint density at radius 3 is 1.45 bits per heavy atom. The van der Waals surface area contributed by atoms with Crippen molar-refractivity contribution in [1.82, 2.24) is 15.5 Å². The molecule has 8 amide bonds. The maximum atomic E-state index is 13.7. The van der Waals surface area contributed by atoms with Gasteiger partial charge < -0.3 is 42.7 Å². The Kier molecular flexibility index (Phi) is 22.8. The quantitative estimate of drug-likeness (QED) is 0.0583. The molecule has 0 radical (unpaired) electrons. The van der Waals surface area contributed by atoms with Crippen molar-refractivity contribution in [2.75, 3.05) is 57.5 Å². The maximum absolute atomic E-state index is 13.7. The van der Waals surface area contributed by atoms with Crippen molar-refractivity contribution in [2.24, 2.45) is 11.5 Å². The Labute approximate surface area is 407 Å². The number of benzene rings is 2. The van der Waals surface area contributed by atoms with Crippen molar-refractivity contribution >= 4 is 183 Å². The minimum absolute atomic E-state index is 0.152. The van der Waals surface area contributed by atoms with Crippen molar-refractivity contribution in [3.8, 4) is 0 Å². The Bertz CT molecular complexity index is 1940. The predicted octanol–water partition coefficient (Wildman–Crippen LogP) is 6.23. The number of nitrogens with one attached hydrogen (secondary N) is 4. The number of likely N-dealkylation sites (N-methyl/N-ethyl adjacent to an activating group) is 2. The van der Waals surface area contributed by atoms with E-state index in [0.29, 0.717) is 50.5 Å². The second-order valence-corrected chi connectivity index (χ2v) is 18.3. The Morgan fingerprint density at radius 2 is 1.09 bits per heavy atom. The van der Waals surface area contributed by atoms with Gasteiger partial charge in [0, 0.05) is 33.8 Å². The number of urea groups is 2. The van der Waals surface area contributed by atoms with E-state index >= 15 is 0 Å². The molecule has 9 N–H and O–H groups in total. The van der Waals surface area contributed by atoms with E-state index in [4.69, 9.17) is 11.5 Å². The number of anilines is 2. The fraction of sp³-hybridized carbons (Fsp3) is 0.257. The first kappa shape index (κ1) is 52.3. The van der Waals surface area contributed by atoms with Crippen LogP contribution in [0.1, 0.15) is 48.4 Å². The van der Waals surface area contributed by atoms with Gasteiger partial charge in [-0.3, -0.25) is 18.9 Å². The van der Waals surface area contributed by atoms with Gasteiger partial charge in [-0.15, -0.1) is 19.7 Å². The number of hydrogen-bond donors (Lipinski definition) is 7. The number of amides is 8. The third kappa shape index (κ3) is 13.7. The van der Waals surface area contributed by atoms with Crippen LogP contribution in [0.5, 0.6) is 0 Å². The number of aliphatic hydroxyl groups excluding tert-OH is 1. The van der Waals surface area contributed by atoms with Gasteiger partial charge in [0.1, 0.15) is 24.8 Å². The molecule has 15 nitrogen and oxygen atoms in total. The summed E-state index contributed by atoms with van der Waals surface area (Å²) in [6.45, 7) is 17.4. The number of carbonyl (C=O) groups excluding carboxylic acids is 6.